The van der Waals surface area contributed by atoms with E-state index in [1.54, 1.807) is 23.9 Å². The van der Waals surface area contributed by atoms with Gasteiger partial charge in [-0.05, 0) is 30.0 Å². The van der Waals surface area contributed by atoms with E-state index in [4.69, 9.17) is 9.47 Å². The van der Waals surface area contributed by atoms with Crippen molar-refractivity contribution in [3.8, 4) is 5.75 Å². The van der Waals surface area contributed by atoms with Crippen LogP contribution in [-0.2, 0) is 14.3 Å². The molecule has 0 amide bonds. The molecule has 0 spiro atoms. The number of rotatable bonds is 4. The van der Waals surface area contributed by atoms with Gasteiger partial charge in [-0.25, -0.2) is 4.79 Å². The van der Waals surface area contributed by atoms with Crippen molar-refractivity contribution in [1.29, 1.82) is 0 Å². The van der Waals surface area contributed by atoms with Crippen LogP contribution in [0.2, 0.25) is 0 Å². The molecule has 0 aliphatic carbocycles. The molecule has 112 valence electrons. The van der Waals surface area contributed by atoms with Crippen LogP contribution in [0.1, 0.15) is 38.2 Å². The van der Waals surface area contributed by atoms with Gasteiger partial charge in [0.2, 0.25) is 0 Å². The fraction of sp³-hybridized carbons (Fsp3) is 0.500. The largest absolute Gasteiger partial charge is 0.449 e. The number of hydrogen-bond acceptors (Lipinski definition) is 5. The van der Waals surface area contributed by atoms with Crippen molar-refractivity contribution in [2.75, 3.05) is 0 Å². The Labute approximate surface area is 128 Å². The van der Waals surface area contributed by atoms with E-state index in [9.17, 15) is 9.59 Å². The van der Waals surface area contributed by atoms with E-state index in [1.165, 1.54) is 5.56 Å². The van der Waals surface area contributed by atoms with Crippen molar-refractivity contribution in [3.63, 3.8) is 0 Å². The number of carbonyl (C=O) groups excluding carboxylic acids is 2. The standard InChI is InChI=1S/C16H18O4S/c1-3-9(2)10-4-6-11(7-5-10)19-15(17)12-8-13-14(21-13)16(18)20-12/h4-7,9,12-14H,3,8H2,1-2H3. The van der Waals surface area contributed by atoms with Gasteiger partial charge in [-0.3, -0.25) is 4.79 Å². The minimum absolute atomic E-state index is 0.0520. The zero-order valence-electron chi connectivity index (χ0n) is 12.1. The Hall–Kier alpha value is -1.49. The molecule has 21 heavy (non-hydrogen) atoms. The summed E-state index contributed by atoms with van der Waals surface area (Å²) in [6, 6.07) is 7.52. The number of cyclic esters (lactones) is 1. The molecular formula is C16H18O4S. The second-order valence-electron chi connectivity index (χ2n) is 5.56. The summed E-state index contributed by atoms with van der Waals surface area (Å²) in [5, 5.41) is 0.181. The minimum Gasteiger partial charge on any atom is -0.449 e. The average Bonchev–Trinajstić information content (AvgIpc) is 3.27. The SMILES string of the molecule is CCC(C)c1ccc(OC(=O)C2CC3SC3C(=O)O2)cc1. The Balaban J connectivity index is 1.60. The van der Waals surface area contributed by atoms with Gasteiger partial charge in [0.25, 0.3) is 0 Å². The molecule has 2 saturated heterocycles. The van der Waals surface area contributed by atoms with Crippen LogP contribution in [0, 0.1) is 0 Å². The summed E-state index contributed by atoms with van der Waals surface area (Å²) >= 11 is 1.56. The number of ether oxygens (including phenoxy) is 2. The maximum absolute atomic E-state index is 12.0. The average molecular weight is 306 g/mol. The van der Waals surface area contributed by atoms with Gasteiger partial charge in [-0.2, -0.15) is 0 Å². The Morgan fingerprint density at radius 3 is 2.76 bits per heavy atom. The topological polar surface area (TPSA) is 52.6 Å². The predicted molar refractivity (Wildman–Crippen MR) is 80.4 cm³/mol. The van der Waals surface area contributed by atoms with E-state index < -0.39 is 12.1 Å². The summed E-state index contributed by atoms with van der Waals surface area (Å²) in [6.07, 6.45) is 0.866. The van der Waals surface area contributed by atoms with Gasteiger partial charge in [-0.1, -0.05) is 26.0 Å². The molecule has 0 bridgehead atoms. The second kappa shape index (κ2) is 5.72. The van der Waals surface area contributed by atoms with Gasteiger partial charge < -0.3 is 9.47 Å². The van der Waals surface area contributed by atoms with E-state index in [1.807, 2.05) is 12.1 Å². The van der Waals surface area contributed by atoms with Crippen LogP contribution in [0.15, 0.2) is 24.3 Å². The van der Waals surface area contributed by atoms with Gasteiger partial charge in [0.1, 0.15) is 11.0 Å². The number of benzene rings is 1. The highest BCUT2D eigenvalue weighted by atomic mass is 32.2. The molecule has 2 aliphatic heterocycles. The second-order valence-corrected chi connectivity index (χ2v) is 6.94. The first-order valence-electron chi connectivity index (χ1n) is 7.26. The number of hydrogen-bond donors (Lipinski definition) is 0. The fourth-order valence-corrected chi connectivity index (χ4v) is 3.38. The van der Waals surface area contributed by atoms with E-state index >= 15 is 0 Å². The first kappa shape index (κ1) is 14.4. The third-order valence-corrected chi connectivity index (χ3v) is 5.38. The van der Waals surface area contributed by atoms with Crippen molar-refractivity contribution in [2.24, 2.45) is 0 Å². The smallest absolute Gasteiger partial charge is 0.352 e. The summed E-state index contributed by atoms with van der Waals surface area (Å²) in [4.78, 5) is 23.5. The third-order valence-electron chi connectivity index (χ3n) is 4.06. The Morgan fingerprint density at radius 1 is 1.43 bits per heavy atom. The molecule has 4 atom stereocenters. The molecule has 3 rings (SSSR count). The molecule has 0 aromatic heterocycles. The van der Waals surface area contributed by atoms with E-state index in [0.717, 1.165) is 6.42 Å². The molecule has 5 heteroatoms. The lowest BCUT2D eigenvalue weighted by molar-refractivity contribution is -0.164. The maximum atomic E-state index is 12.0. The first-order chi connectivity index (χ1) is 10.1. The fourth-order valence-electron chi connectivity index (χ4n) is 2.42. The molecule has 4 nitrogen and oxygen atoms in total. The summed E-state index contributed by atoms with van der Waals surface area (Å²) < 4.78 is 10.4. The molecule has 2 fully saturated rings. The van der Waals surface area contributed by atoms with Crippen LogP contribution in [0.25, 0.3) is 0 Å². The van der Waals surface area contributed by atoms with Crippen molar-refractivity contribution < 1.29 is 19.1 Å². The lowest BCUT2D eigenvalue weighted by atomic mass is 9.99. The van der Waals surface area contributed by atoms with Crippen molar-refractivity contribution >= 4 is 23.7 Å². The Morgan fingerprint density at radius 2 is 2.14 bits per heavy atom. The molecule has 0 saturated carbocycles. The summed E-state index contributed by atoms with van der Waals surface area (Å²) in [5.74, 6) is 0.211. The van der Waals surface area contributed by atoms with Crippen LogP contribution < -0.4 is 4.74 Å². The van der Waals surface area contributed by atoms with Crippen molar-refractivity contribution in [1.82, 2.24) is 0 Å². The third kappa shape index (κ3) is 3.07. The highest BCUT2D eigenvalue weighted by molar-refractivity contribution is 8.08. The molecule has 4 unspecified atom stereocenters. The van der Waals surface area contributed by atoms with Crippen molar-refractivity contribution in [3.05, 3.63) is 29.8 Å². The molecule has 0 N–H and O–H groups in total. The maximum Gasteiger partial charge on any atom is 0.352 e. The summed E-state index contributed by atoms with van der Waals surface area (Å²) in [5.41, 5.74) is 1.22. The lowest BCUT2D eigenvalue weighted by Gasteiger charge is -2.19. The molecule has 2 heterocycles. The monoisotopic (exact) mass is 306 g/mol. The summed E-state index contributed by atoms with van der Waals surface area (Å²) in [6.45, 7) is 4.30. The quantitative estimate of drug-likeness (QED) is 0.486. The zero-order chi connectivity index (χ0) is 15.0. The zero-order valence-corrected chi connectivity index (χ0v) is 12.9. The highest BCUT2D eigenvalue weighted by Gasteiger charge is 2.53. The number of fused-ring (bicyclic) bond motifs is 1. The van der Waals surface area contributed by atoms with Gasteiger partial charge >= 0.3 is 11.9 Å². The Kier molecular flexibility index (Phi) is 3.93. The normalized spacial score (nSPS) is 28.3. The first-order valence-corrected chi connectivity index (χ1v) is 8.20. The van der Waals surface area contributed by atoms with E-state index in [-0.39, 0.29) is 16.5 Å². The minimum atomic E-state index is -0.761. The van der Waals surface area contributed by atoms with Gasteiger partial charge in [0.15, 0.2) is 6.10 Å². The van der Waals surface area contributed by atoms with Crippen molar-refractivity contribution in [2.45, 2.75) is 49.2 Å². The number of thioether (sulfide) groups is 1. The van der Waals surface area contributed by atoms with E-state index in [2.05, 4.69) is 13.8 Å². The van der Waals surface area contributed by atoms with Crippen LogP contribution in [0.4, 0.5) is 0 Å². The number of carbonyl (C=O) groups is 2. The molecular weight excluding hydrogens is 288 g/mol. The van der Waals surface area contributed by atoms with Crippen LogP contribution in [0.3, 0.4) is 0 Å². The Bertz CT molecular complexity index is 554. The van der Waals surface area contributed by atoms with Crippen LogP contribution in [-0.4, -0.2) is 28.5 Å². The number of esters is 2. The van der Waals surface area contributed by atoms with Gasteiger partial charge in [0, 0.05) is 11.7 Å². The van der Waals surface area contributed by atoms with Crippen LogP contribution in [0.5, 0.6) is 5.75 Å². The molecule has 1 aromatic rings. The molecule has 1 aromatic carbocycles. The molecule has 0 radical (unpaired) electrons. The highest BCUT2D eigenvalue weighted by Crippen LogP contribution is 2.48. The lowest BCUT2D eigenvalue weighted by Crippen LogP contribution is -2.38. The summed E-state index contributed by atoms with van der Waals surface area (Å²) in [7, 11) is 0. The van der Waals surface area contributed by atoms with Crippen LogP contribution >= 0.6 is 11.8 Å². The van der Waals surface area contributed by atoms with Gasteiger partial charge in [0.05, 0.1) is 0 Å². The van der Waals surface area contributed by atoms with Gasteiger partial charge in [-0.15, -0.1) is 11.8 Å². The predicted octanol–water partition coefficient (Wildman–Crippen LogP) is 2.91. The van der Waals surface area contributed by atoms with E-state index in [0.29, 0.717) is 18.1 Å². The molecule has 2 aliphatic rings.